The largest absolute Gasteiger partial charge is 0.466 e. The second-order valence-corrected chi connectivity index (χ2v) is 10.3. The standard InChI is InChI=1S/C20H31BrN2O6/c1-6-10(9-24)23-15(16(25)22-19(3,4)5)20-8-11(21)14(29-20)12(13(20)17(23)26)18(27)28-7-2/h10-15,24H,6-9H2,1-5H3,(H,22,25)/t10-,11?,12+,13-,14+,15?,20?/m0/s1. The number of aliphatic hydroxyl groups excluding tert-OH is 1. The Bertz CT molecular complexity index is 691. The molecule has 0 saturated carbocycles. The molecular formula is C20H31BrN2O6. The quantitative estimate of drug-likeness (QED) is 0.439. The highest BCUT2D eigenvalue weighted by Crippen LogP contribution is 2.60. The number of nitrogens with zero attached hydrogens (tertiary/aromatic N) is 1. The van der Waals surface area contributed by atoms with Crippen molar-refractivity contribution in [3.8, 4) is 0 Å². The van der Waals surface area contributed by atoms with Gasteiger partial charge in [0.25, 0.3) is 0 Å². The van der Waals surface area contributed by atoms with Crippen LogP contribution in [0.5, 0.6) is 0 Å². The number of carbonyl (C=O) groups is 3. The van der Waals surface area contributed by atoms with Crippen LogP contribution in [0.1, 0.15) is 47.5 Å². The van der Waals surface area contributed by atoms with Gasteiger partial charge in [0.05, 0.1) is 37.2 Å². The van der Waals surface area contributed by atoms with Crippen LogP contribution in [-0.4, -0.2) is 75.2 Å². The molecule has 3 rings (SSSR count). The van der Waals surface area contributed by atoms with Crippen LogP contribution in [0.3, 0.4) is 0 Å². The summed E-state index contributed by atoms with van der Waals surface area (Å²) >= 11 is 3.59. The summed E-state index contributed by atoms with van der Waals surface area (Å²) in [4.78, 5) is 41.0. The zero-order valence-electron chi connectivity index (χ0n) is 17.6. The number of hydrogen-bond donors (Lipinski definition) is 2. The number of hydrogen-bond acceptors (Lipinski definition) is 6. The number of alkyl halides is 1. The Morgan fingerprint density at radius 1 is 1.41 bits per heavy atom. The number of fused-ring (bicyclic) bond motifs is 1. The van der Waals surface area contributed by atoms with Crippen molar-refractivity contribution < 1.29 is 29.0 Å². The topological polar surface area (TPSA) is 105 Å². The SMILES string of the molecule is CCOC(=O)[C@H]1[C@@H]2OC3(CC2Br)C(C(=O)NC(C)(C)C)N([C@@H](CC)CO)C(=O)[C@H]13. The van der Waals surface area contributed by atoms with E-state index in [1.807, 2.05) is 27.7 Å². The van der Waals surface area contributed by atoms with Crippen molar-refractivity contribution >= 4 is 33.7 Å². The van der Waals surface area contributed by atoms with Crippen molar-refractivity contribution in [3.05, 3.63) is 0 Å². The zero-order valence-corrected chi connectivity index (χ0v) is 19.2. The van der Waals surface area contributed by atoms with Crippen LogP contribution in [0.25, 0.3) is 0 Å². The lowest BCUT2D eigenvalue weighted by Gasteiger charge is -2.38. The maximum atomic E-state index is 13.6. The van der Waals surface area contributed by atoms with Crippen molar-refractivity contribution in [2.45, 2.75) is 81.6 Å². The maximum Gasteiger partial charge on any atom is 0.312 e. The lowest BCUT2D eigenvalue weighted by Crippen LogP contribution is -2.60. The van der Waals surface area contributed by atoms with Crippen molar-refractivity contribution in [3.63, 3.8) is 0 Å². The van der Waals surface area contributed by atoms with E-state index in [0.717, 1.165) is 0 Å². The van der Waals surface area contributed by atoms with Crippen LogP contribution >= 0.6 is 15.9 Å². The van der Waals surface area contributed by atoms with Crippen LogP contribution in [0.15, 0.2) is 0 Å². The van der Waals surface area contributed by atoms with Crippen molar-refractivity contribution in [1.29, 1.82) is 0 Å². The molecule has 0 aliphatic carbocycles. The summed E-state index contributed by atoms with van der Waals surface area (Å²) < 4.78 is 11.6. The molecule has 3 heterocycles. The summed E-state index contributed by atoms with van der Waals surface area (Å²) in [5.74, 6) is -2.69. The summed E-state index contributed by atoms with van der Waals surface area (Å²) in [6.07, 6.45) is 0.393. The van der Waals surface area contributed by atoms with Gasteiger partial charge in [0.15, 0.2) is 0 Å². The van der Waals surface area contributed by atoms with E-state index in [1.165, 1.54) is 4.90 Å². The molecule has 3 saturated heterocycles. The highest BCUT2D eigenvalue weighted by molar-refractivity contribution is 9.09. The molecule has 0 radical (unpaired) electrons. The van der Waals surface area contributed by atoms with Crippen LogP contribution in [0.2, 0.25) is 0 Å². The third-order valence-electron chi connectivity index (χ3n) is 6.11. The van der Waals surface area contributed by atoms with E-state index in [-0.39, 0.29) is 29.9 Å². The van der Waals surface area contributed by atoms with Crippen molar-refractivity contribution in [1.82, 2.24) is 10.2 Å². The number of nitrogens with one attached hydrogen (secondary N) is 1. The number of esters is 1. The van der Waals surface area contributed by atoms with Gasteiger partial charge < -0.3 is 24.8 Å². The number of ether oxygens (including phenoxy) is 2. The first-order valence-electron chi connectivity index (χ1n) is 10.3. The average Bonchev–Trinajstić information content (AvgIpc) is 3.19. The molecule has 0 aromatic heterocycles. The molecule has 29 heavy (non-hydrogen) atoms. The second kappa shape index (κ2) is 7.81. The Hall–Kier alpha value is -1.19. The molecule has 7 atom stereocenters. The number of carbonyl (C=O) groups excluding carboxylic acids is 3. The summed E-state index contributed by atoms with van der Waals surface area (Å²) in [6, 6.07) is -1.45. The molecule has 8 nitrogen and oxygen atoms in total. The Labute approximate surface area is 179 Å². The van der Waals surface area contributed by atoms with Crippen LogP contribution in [0, 0.1) is 11.8 Å². The normalized spacial score (nSPS) is 36.9. The Kier molecular flexibility index (Phi) is 6.06. The molecule has 2 N–H and O–H groups in total. The summed E-state index contributed by atoms with van der Waals surface area (Å²) in [5, 5.41) is 12.9. The fourth-order valence-electron chi connectivity index (χ4n) is 5.12. The van der Waals surface area contributed by atoms with E-state index in [9.17, 15) is 19.5 Å². The minimum absolute atomic E-state index is 0.167. The van der Waals surface area contributed by atoms with E-state index in [2.05, 4.69) is 21.2 Å². The molecule has 3 fully saturated rings. The van der Waals surface area contributed by atoms with E-state index < -0.39 is 47.1 Å². The van der Waals surface area contributed by atoms with Crippen LogP contribution in [-0.2, 0) is 23.9 Å². The molecule has 2 amide bonds. The first kappa shape index (κ1) is 22.5. The molecule has 0 aromatic carbocycles. The highest BCUT2D eigenvalue weighted by atomic mass is 79.9. The van der Waals surface area contributed by atoms with Gasteiger partial charge in [0.1, 0.15) is 11.6 Å². The molecule has 164 valence electrons. The third-order valence-corrected chi connectivity index (χ3v) is 6.95. The molecule has 3 aliphatic rings. The highest BCUT2D eigenvalue weighted by Gasteiger charge is 2.77. The summed E-state index contributed by atoms with van der Waals surface area (Å²) in [7, 11) is 0. The molecule has 9 heteroatoms. The minimum Gasteiger partial charge on any atom is -0.466 e. The predicted octanol–water partition coefficient (Wildman–Crippen LogP) is 0.983. The molecular weight excluding hydrogens is 444 g/mol. The van der Waals surface area contributed by atoms with Gasteiger partial charge in [-0.3, -0.25) is 14.4 Å². The number of likely N-dealkylation sites (tertiary alicyclic amines) is 1. The number of aliphatic hydroxyl groups is 1. The molecule has 3 aliphatic heterocycles. The average molecular weight is 475 g/mol. The van der Waals surface area contributed by atoms with Gasteiger partial charge in [-0.25, -0.2) is 0 Å². The molecule has 1 spiro atoms. The maximum absolute atomic E-state index is 13.6. The zero-order chi connectivity index (χ0) is 21.7. The lowest BCUT2D eigenvalue weighted by atomic mass is 9.70. The van der Waals surface area contributed by atoms with Gasteiger partial charge in [0.2, 0.25) is 11.8 Å². The van der Waals surface area contributed by atoms with E-state index >= 15 is 0 Å². The molecule has 2 bridgehead atoms. The molecule has 3 unspecified atom stereocenters. The second-order valence-electron chi connectivity index (χ2n) is 9.14. The van der Waals surface area contributed by atoms with Crippen molar-refractivity contribution in [2.24, 2.45) is 11.8 Å². The summed E-state index contributed by atoms with van der Waals surface area (Å²) in [6.45, 7) is 9.11. The van der Waals surface area contributed by atoms with Crippen LogP contribution < -0.4 is 5.32 Å². The fraction of sp³-hybridized carbons (Fsp3) is 0.850. The van der Waals surface area contributed by atoms with Gasteiger partial charge in [0, 0.05) is 10.4 Å². The lowest BCUT2D eigenvalue weighted by molar-refractivity contribution is -0.155. The first-order chi connectivity index (χ1) is 13.5. The summed E-state index contributed by atoms with van der Waals surface area (Å²) in [5.41, 5.74) is -1.63. The third kappa shape index (κ3) is 3.49. The van der Waals surface area contributed by atoms with Gasteiger partial charge in [-0.15, -0.1) is 0 Å². The number of amides is 2. The Morgan fingerprint density at radius 2 is 2.07 bits per heavy atom. The smallest absolute Gasteiger partial charge is 0.312 e. The Balaban J connectivity index is 2.08. The van der Waals surface area contributed by atoms with Gasteiger partial charge in [-0.2, -0.15) is 0 Å². The van der Waals surface area contributed by atoms with E-state index in [1.54, 1.807) is 6.92 Å². The van der Waals surface area contributed by atoms with E-state index in [4.69, 9.17) is 9.47 Å². The van der Waals surface area contributed by atoms with Gasteiger partial charge >= 0.3 is 5.97 Å². The fourth-order valence-corrected chi connectivity index (χ4v) is 6.06. The Morgan fingerprint density at radius 3 is 2.59 bits per heavy atom. The number of rotatable bonds is 6. The van der Waals surface area contributed by atoms with E-state index in [0.29, 0.717) is 12.8 Å². The minimum atomic E-state index is -1.12. The predicted molar refractivity (Wildman–Crippen MR) is 108 cm³/mol. The number of halogens is 1. The monoisotopic (exact) mass is 474 g/mol. The first-order valence-corrected chi connectivity index (χ1v) is 11.2. The van der Waals surface area contributed by atoms with Crippen molar-refractivity contribution in [2.75, 3.05) is 13.2 Å². The van der Waals surface area contributed by atoms with Gasteiger partial charge in [-0.05, 0) is 40.5 Å². The molecule has 0 aromatic rings. The van der Waals surface area contributed by atoms with Gasteiger partial charge in [-0.1, -0.05) is 22.9 Å². The van der Waals surface area contributed by atoms with Crippen LogP contribution in [0.4, 0.5) is 0 Å².